The van der Waals surface area contributed by atoms with Crippen LogP contribution in [0.2, 0.25) is 0 Å². The lowest BCUT2D eigenvalue weighted by Gasteiger charge is -2.18. The maximum atomic E-state index is 11.9. The molecule has 3 rings (SSSR count). The average molecular weight is 272 g/mol. The zero-order valence-corrected chi connectivity index (χ0v) is 11.6. The molecule has 0 saturated heterocycles. The summed E-state index contributed by atoms with van der Waals surface area (Å²) in [5.74, 6) is 0.202. The molecule has 0 saturated carbocycles. The number of ketones is 1. The van der Waals surface area contributed by atoms with E-state index < -0.39 is 0 Å². The van der Waals surface area contributed by atoms with Gasteiger partial charge < -0.3 is 0 Å². The molecule has 0 radical (unpaired) electrons. The van der Waals surface area contributed by atoms with Gasteiger partial charge in [0.25, 0.3) is 0 Å². The molecule has 0 spiro atoms. The fraction of sp³-hybridized carbons (Fsp3) is 0.133. The number of carbonyl (C=O) groups excluding carboxylic acids is 1. The van der Waals surface area contributed by atoms with Crippen LogP contribution in [-0.2, 0) is 4.79 Å². The standard InChI is InChI=1S/C15H12OS2/c1-17-15-9-10(16)8-13-11-4-2-3-5-14(11)18-7-6-12(13)15/h2-7,9H,8H2,1H3. The molecule has 1 aromatic carbocycles. The first-order valence-electron chi connectivity index (χ1n) is 5.74. The number of allylic oxidation sites excluding steroid dienone is 4. The normalized spacial score (nSPS) is 18.1. The summed E-state index contributed by atoms with van der Waals surface area (Å²) in [5, 5.41) is 2.11. The van der Waals surface area contributed by atoms with Crippen molar-refractivity contribution in [3.8, 4) is 0 Å². The van der Waals surface area contributed by atoms with E-state index in [1.807, 2.05) is 18.4 Å². The molecule has 0 bridgehead atoms. The van der Waals surface area contributed by atoms with E-state index in [2.05, 4.69) is 23.6 Å². The van der Waals surface area contributed by atoms with Crippen LogP contribution in [0.4, 0.5) is 0 Å². The Kier molecular flexibility index (Phi) is 3.18. The topological polar surface area (TPSA) is 17.1 Å². The van der Waals surface area contributed by atoms with Crippen molar-refractivity contribution in [2.24, 2.45) is 0 Å². The van der Waals surface area contributed by atoms with E-state index in [0.29, 0.717) is 6.42 Å². The molecule has 1 heterocycles. The van der Waals surface area contributed by atoms with Gasteiger partial charge in [0.15, 0.2) is 5.78 Å². The van der Waals surface area contributed by atoms with Crippen molar-refractivity contribution in [1.29, 1.82) is 0 Å². The van der Waals surface area contributed by atoms with Crippen molar-refractivity contribution in [1.82, 2.24) is 0 Å². The minimum atomic E-state index is 0.202. The van der Waals surface area contributed by atoms with Crippen molar-refractivity contribution in [2.45, 2.75) is 11.3 Å². The molecule has 0 amide bonds. The van der Waals surface area contributed by atoms with E-state index in [-0.39, 0.29) is 5.78 Å². The molecule has 1 aliphatic carbocycles. The lowest BCUT2D eigenvalue weighted by molar-refractivity contribution is -0.113. The van der Waals surface area contributed by atoms with Gasteiger partial charge in [-0.1, -0.05) is 30.0 Å². The number of hydrogen-bond donors (Lipinski definition) is 0. The molecule has 1 aromatic rings. The summed E-state index contributed by atoms with van der Waals surface area (Å²) in [6.45, 7) is 0. The van der Waals surface area contributed by atoms with E-state index >= 15 is 0 Å². The number of thioether (sulfide) groups is 2. The summed E-state index contributed by atoms with van der Waals surface area (Å²) in [5.41, 5.74) is 3.58. The van der Waals surface area contributed by atoms with Gasteiger partial charge in [0.1, 0.15) is 0 Å². The highest BCUT2D eigenvalue weighted by atomic mass is 32.2. The Morgan fingerprint density at radius 3 is 2.94 bits per heavy atom. The fourth-order valence-electron chi connectivity index (χ4n) is 2.28. The lowest BCUT2D eigenvalue weighted by Crippen LogP contribution is -2.06. The minimum Gasteiger partial charge on any atom is -0.294 e. The summed E-state index contributed by atoms with van der Waals surface area (Å²) in [4.78, 5) is 14.2. The SMILES string of the molecule is CSC1=CC(=O)CC2=C1C=CSc1ccccc12. The van der Waals surface area contributed by atoms with E-state index in [4.69, 9.17) is 0 Å². The fourth-order valence-corrected chi connectivity index (χ4v) is 3.77. The maximum absolute atomic E-state index is 11.9. The van der Waals surface area contributed by atoms with E-state index in [1.54, 1.807) is 29.6 Å². The Hall–Kier alpha value is -1.19. The monoisotopic (exact) mass is 272 g/mol. The lowest BCUT2D eigenvalue weighted by atomic mass is 9.91. The third-order valence-corrected chi connectivity index (χ3v) is 4.76. The quantitative estimate of drug-likeness (QED) is 0.759. The number of fused-ring (bicyclic) bond motifs is 2. The zero-order chi connectivity index (χ0) is 12.5. The van der Waals surface area contributed by atoms with Crippen LogP contribution in [0.3, 0.4) is 0 Å². The highest BCUT2D eigenvalue weighted by molar-refractivity contribution is 8.03. The van der Waals surface area contributed by atoms with Gasteiger partial charge in [-0.2, -0.15) is 0 Å². The molecule has 0 N–H and O–H groups in total. The number of hydrogen-bond acceptors (Lipinski definition) is 3. The van der Waals surface area contributed by atoms with Crippen LogP contribution in [0.15, 0.2) is 57.2 Å². The van der Waals surface area contributed by atoms with Crippen LogP contribution in [0, 0.1) is 0 Å². The number of benzene rings is 1. The molecule has 0 atom stereocenters. The Bertz CT molecular complexity index is 609. The Balaban J connectivity index is 2.23. The summed E-state index contributed by atoms with van der Waals surface area (Å²) in [6, 6.07) is 8.31. The first kappa shape index (κ1) is 11.9. The van der Waals surface area contributed by atoms with Crippen molar-refractivity contribution in [3.05, 3.63) is 57.9 Å². The molecule has 0 fully saturated rings. The summed E-state index contributed by atoms with van der Waals surface area (Å²) in [7, 11) is 0. The Morgan fingerprint density at radius 2 is 2.11 bits per heavy atom. The summed E-state index contributed by atoms with van der Waals surface area (Å²) < 4.78 is 0. The van der Waals surface area contributed by atoms with Gasteiger partial charge in [-0.15, -0.1) is 11.8 Å². The Morgan fingerprint density at radius 1 is 1.28 bits per heavy atom. The van der Waals surface area contributed by atoms with Gasteiger partial charge >= 0.3 is 0 Å². The van der Waals surface area contributed by atoms with Gasteiger partial charge in [-0.3, -0.25) is 4.79 Å². The highest BCUT2D eigenvalue weighted by Gasteiger charge is 2.22. The predicted molar refractivity (Wildman–Crippen MR) is 79.6 cm³/mol. The molecular weight excluding hydrogens is 260 g/mol. The molecule has 0 aromatic heterocycles. The molecule has 2 aliphatic rings. The van der Waals surface area contributed by atoms with Gasteiger partial charge in [0.2, 0.25) is 0 Å². The number of carbonyl (C=O) groups is 1. The zero-order valence-electron chi connectivity index (χ0n) is 9.97. The maximum Gasteiger partial charge on any atom is 0.161 e. The van der Waals surface area contributed by atoms with E-state index in [0.717, 1.165) is 4.91 Å². The van der Waals surface area contributed by atoms with Crippen molar-refractivity contribution in [3.63, 3.8) is 0 Å². The number of rotatable bonds is 1. The first-order chi connectivity index (χ1) is 8.79. The van der Waals surface area contributed by atoms with E-state index in [9.17, 15) is 4.79 Å². The van der Waals surface area contributed by atoms with E-state index in [1.165, 1.54) is 21.6 Å². The largest absolute Gasteiger partial charge is 0.294 e. The molecule has 0 unspecified atom stereocenters. The molecule has 90 valence electrons. The average Bonchev–Trinajstić information content (AvgIpc) is 2.57. The third-order valence-electron chi connectivity index (χ3n) is 3.10. The molecule has 18 heavy (non-hydrogen) atoms. The predicted octanol–water partition coefficient (Wildman–Crippen LogP) is 4.28. The Labute approximate surface area is 115 Å². The summed E-state index contributed by atoms with van der Waals surface area (Å²) in [6.07, 6.45) is 6.44. The second-order valence-electron chi connectivity index (χ2n) is 4.16. The highest BCUT2D eigenvalue weighted by Crippen LogP contribution is 2.42. The van der Waals surface area contributed by atoms with Crippen LogP contribution in [0.5, 0.6) is 0 Å². The second kappa shape index (κ2) is 4.82. The molecule has 1 aliphatic heterocycles. The second-order valence-corrected chi connectivity index (χ2v) is 5.96. The van der Waals surface area contributed by atoms with Crippen molar-refractivity contribution in [2.75, 3.05) is 6.26 Å². The van der Waals surface area contributed by atoms with Crippen LogP contribution in [0.25, 0.3) is 5.57 Å². The van der Waals surface area contributed by atoms with Gasteiger partial charge in [-0.25, -0.2) is 0 Å². The van der Waals surface area contributed by atoms with Crippen LogP contribution in [0.1, 0.15) is 12.0 Å². The van der Waals surface area contributed by atoms with Crippen molar-refractivity contribution >= 4 is 34.9 Å². The van der Waals surface area contributed by atoms with Crippen molar-refractivity contribution < 1.29 is 4.79 Å². The third kappa shape index (κ3) is 1.98. The summed E-state index contributed by atoms with van der Waals surface area (Å²) >= 11 is 3.36. The van der Waals surface area contributed by atoms with Crippen LogP contribution >= 0.6 is 23.5 Å². The molecule has 3 heteroatoms. The smallest absolute Gasteiger partial charge is 0.161 e. The van der Waals surface area contributed by atoms with Gasteiger partial charge in [-0.05, 0) is 46.6 Å². The minimum absolute atomic E-state index is 0.202. The van der Waals surface area contributed by atoms with Gasteiger partial charge in [0.05, 0.1) is 0 Å². The molecular formula is C15H12OS2. The van der Waals surface area contributed by atoms with Crippen LogP contribution in [-0.4, -0.2) is 12.0 Å². The first-order valence-corrected chi connectivity index (χ1v) is 7.84. The van der Waals surface area contributed by atoms with Gasteiger partial charge in [0, 0.05) is 16.2 Å². The molecule has 1 nitrogen and oxygen atoms in total. The van der Waals surface area contributed by atoms with Crippen LogP contribution < -0.4 is 0 Å².